The molecule has 2 aromatic heterocycles. The third-order valence-electron chi connectivity index (χ3n) is 5.66. The highest BCUT2D eigenvalue weighted by atomic mass is 32.2. The van der Waals surface area contributed by atoms with Crippen LogP contribution >= 0.6 is 11.3 Å². The Morgan fingerprint density at radius 3 is 2.45 bits per heavy atom. The molecule has 170 valence electrons. The van der Waals surface area contributed by atoms with Crippen LogP contribution in [-0.2, 0) is 16.6 Å². The molecule has 8 nitrogen and oxygen atoms in total. The maximum Gasteiger partial charge on any atom is 0.275 e. The average Bonchev–Trinajstić information content (AvgIpc) is 3.25. The zero-order valence-electron chi connectivity index (χ0n) is 18.1. The van der Waals surface area contributed by atoms with Gasteiger partial charge in [-0.1, -0.05) is 53.3 Å². The molecule has 4 aromatic rings. The van der Waals surface area contributed by atoms with Crippen molar-refractivity contribution in [2.45, 2.75) is 18.4 Å². The SMILES string of the molecule is Cc1cccc(-c2nn3c(=O)cc(CN4CCN(S(=O)(=O)c5ccccc5)CC4)nc3s2)c1. The van der Waals surface area contributed by atoms with E-state index in [-0.39, 0.29) is 5.56 Å². The molecule has 0 N–H and O–H groups in total. The number of fused-ring (bicyclic) bond motifs is 1. The van der Waals surface area contributed by atoms with Crippen molar-refractivity contribution >= 4 is 26.3 Å². The second-order valence-electron chi connectivity index (χ2n) is 8.05. The van der Waals surface area contributed by atoms with Gasteiger partial charge < -0.3 is 0 Å². The summed E-state index contributed by atoms with van der Waals surface area (Å²) in [6, 6.07) is 18.0. The number of piperazine rings is 1. The number of aryl methyl sites for hydroxylation is 1. The van der Waals surface area contributed by atoms with Crippen molar-refractivity contribution in [1.82, 2.24) is 23.8 Å². The molecule has 0 radical (unpaired) electrons. The number of hydrogen-bond acceptors (Lipinski definition) is 7. The predicted molar refractivity (Wildman–Crippen MR) is 128 cm³/mol. The lowest BCUT2D eigenvalue weighted by atomic mass is 10.1. The van der Waals surface area contributed by atoms with Crippen molar-refractivity contribution in [1.29, 1.82) is 0 Å². The van der Waals surface area contributed by atoms with Crippen LogP contribution in [0.1, 0.15) is 11.3 Å². The molecule has 10 heteroatoms. The van der Waals surface area contributed by atoms with Gasteiger partial charge in [0.15, 0.2) is 0 Å². The Labute approximate surface area is 195 Å². The van der Waals surface area contributed by atoms with Gasteiger partial charge in [-0.2, -0.15) is 13.9 Å². The Morgan fingerprint density at radius 2 is 1.73 bits per heavy atom. The fourth-order valence-electron chi connectivity index (χ4n) is 3.93. The molecule has 1 aliphatic rings. The molecule has 0 aliphatic carbocycles. The van der Waals surface area contributed by atoms with Crippen LogP contribution in [0.2, 0.25) is 0 Å². The smallest absolute Gasteiger partial charge is 0.275 e. The normalized spacial score (nSPS) is 15.8. The summed E-state index contributed by atoms with van der Waals surface area (Å²) in [5.74, 6) is 0. The monoisotopic (exact) mass is 481 g/mol. The van der Waals surface area contributed by atoms with Gasteiger partial charge in [0, 0.05) is 44.4 Å². The summed E-state index contributed by atoms with van der Waals surface area (Å²) in [5, 5.41) is 5.20. The van der Waals surface area contributed by atoms with Crippen molar-refractivity contribution in [3.63, 3.8) is 0 Å². The van der Waals surface area contributed by atoms with Gasteiger partial charge in [-0.05, 0) is 25.1 Å². The van der Waals surface area contributed by atoms with Crippen LogP contribution in [0.5, 0.6) is 0 Å². The Bertz CT molecular complexity index is 1460. The molecule has 0 saturated carbocycles. The number of sulfonamides is 1. The lowest BCUT2D eigenvalue weighted by Crippen LogP contribution is -2.48. The first kappa shape index (κ1) is 21.9. The van der Waals surface area contributed by atoms with Gasteiger partial charge >= 0.3 is 0 Å². The van der Waals surface area contributed by atoms with E-state index in [4.69, 9.17) is 0 Å². The number of aromatic nitrogens is 3. The van der Waals surface area contributed by atoms with E-state index in [2.05, 4.69) is 15.0 Å². The number of rotatable bonds is 5. The Hall–Kier alpha value is -2.92. The minimum absolute atomic E-state index is 0.213. The lowest BCUT2D eigenvalue weighted by molar-refractivity contribution is 0.180. The molecule has 0 unspecified atom stereocenters. The third kappa shape index (κ3) is 4.47. The van der Waals surface area contributed by atoms with Crippen molar-refractivity contribution in [2.75, 3.05) is 26.2 Å². The molecule has 3 heterocycles. The van der Waals surface area contributed by atoms with Crippen molar-refractivity contribution in [3.05, 3.63) is 82.3 Å². The van der Waals surface area contributed by atoms with E-state index in [1.54, 1.807) is 30.3 Å². The van der Waals surface area contributed by atoms with Crippen LogP contribution in [0.15, 0.2) is 70.4 Å². The summed E-state index contributed by atoms with van der Waals surface area (Å²) < 4.78 is 28.5. The number of hydrogen-bond donors (Lipinski definition) is 0. The molecule has 1 aliphatic heterocycles. The van der Waals surface area contributed by atoms with E-state index in [0.29, 0.717) is 48.3 Å². The molecule has 1 fully saturated rings. The summed E-state index contributed by atoms with van der Waals surface area (Å²) in [6.07, 6.45) is 0. The van der Waals surface area contributed by atoms with Crippen LogP contribution in [0.4, 0.5) is 0 Å². The summed E-state index contributed by atoms with van der Waals surface area (Å²) in [7, 11) is -3.49. The highest BCUT2D eigenvalue weighted by molar-refractivity contribution is 7.89. The van der Waals surface area contributed by atoms with Crippen LogP contribution in [-0.4, -0.2) is 58.4 Å². The van der Waals surface area contributed by atoms with Crippen molar-refractivity contribution in [2.24, 2.45) is 0 Å². The molecule has 33 heavy (non-hydrogen) atoms. The fourth-order valence-corrected chi connectivity index (χ4v) is 6.29. The van der Waals surface area contributed by atoms with Gasteiger partial charge in [-0.15, -0.1) is 0 Å². The highest BCUT2D eigenvalue weighted by Crippen LogP contribution is 2.25. The van der Waals surface area contributed by atoms with Crippen molar-refractivity contribution < 1.29 is 8.42 Å². The van der Waals surface area contributed by atoms with E-state index >= 15 is 0 Å². The van der Waals surface area contributed by atoms with E-state index in [0.717, 1.165) is 16.1 Å². The summed E-state index contributed by atoms with van der Waals surface area (Å²) >= 11 is 1.39. The van der Waals surface area contributed by atoms with Crippen LogP contribution < -0.4 is 5.56 Å². The van der Waals surface area contributed by atoms with Gasteiger partial charge in [-0.25, -0.2) is 13.4 Å². The van der Waals surface area contributed by atoms with Crippen LogP contribution in [0.3, 0.4) is 0 Å². The average molecular weight is 482 g/mol. The molecule has 0 spiro atoms. The molecule has 1 saturated heterocycles. The molecular formula is C23H23N5O3S2. The highest BCUT2D eigenvalue weighted by Gasteiger charge is 2.28. The molecule has 2 aromatic carbocycles. The minimum atomic E-state index is -3.49. The summed E-state index contributed by atoms with van der Waals surface area (Å²) in [6.45, 7) is 4.45. The van der Waals surface area contributed by atoms with Gasteiger partial charge in [0.1, 0.15) is 5.01 Å². The van der Waals surface area contributed by atoms with Gasteiger partial charge in [0.05, 0.1) is 10.6 Å². The number of benzene rings is 2. The molecule has 0 atom stereocenters. The van der Waals surface area contributed by atoms with Gasteiger partial charge in [-0.3, -0.25) is 9.69 Å². The van der Waals surface area contributed by atoms with E-state index in [9.17, 15) is 13.2 Å². The maximum absolute atomic E-state index is 12.8. The first-order valence-corrected chi connectivity index (χ1v) is 12.9. The zero-order valence-corrected chi connectivity index (χ0v) is 19.7. The van der Waals surface area contributed by atoms with Gasteiger partial charge in [0.25, 0.3) is 5.56 Å². The van der Waals surface area contributed by atoms with Gasteiger partial charge in [0.2, 0.25) is 15.0 Å². The summed E-state index contributed by atoms with van der Waals surface area (Å²) in [4.78, 5) is 20.3. The fraction of sp³-hybridized carbons (Fsp3) is 0.261. The maximum atomic E-state index is 12.8. The third-order valence-corrected chi connectivity index (χ3v) is 8.53. The second kappa shape index (κ2) is 8.79. The predicted octanol–water partition coefficient (Wildman–Crippen LogP) is 2.63. The van der Waals surface area contributed by atoms with Crippen LogP contribution in [0.25, 0.3) is 15.5 Å². The zero-order chi connectivity index (χ0) is 23.0. The Kier molecular flexibility index (Phi) is 5.83. The second-order valence-corrected chi connectivity index (χ2v) is 10.9. The van der Waals surface area contributed by atoms with E-state index in [1.165, 1.54) is 26.2 Å². The molecule has 0 bridgehead atoms. The quantitative estimate of drug-likeness (QED) is 0.436. The topological polar surface area (TPSA) is 87.9 Å². The largest absolute Gasteiger partial charge is 0.295 e. The molecular weight excluding hydrogens is 458 g/mol. The first-order chi connectivity index (χ1) is 15.9. The molecule has 5 rings (SSSR count). The Morgan fingerprint density at radius 1 is 0.970 bits per heavy atom. The molecule has 0 amide bonds. The number of nitrogens with zero attached hydrogens (tertiary/aromatic N) is 5. The lowest BCUT2D eigenvalue weighted by Gasteiger charge is -2.33. The van der Waals surface area contributed by atoms with Crippen LogP contribution in [0, 0.1) is 6.92 Å². The Balaban J connectivity index is 1.31. The minimum Gasteiger partial charge on any atom is -0.295 e. The summed E-state index contributed by atoms with van der Waals surface area (Å²) in [5.41, 5.74) is 2.54. The first-order valence-electron chi connectivity index (χ1n) is 10.6. The van der Waals surface area contributed by atoms with E-state index in [1.807, 2.05) is 31.2 Å². The van der Waals surface area contributed by atoms with Crippen molar-refractivity contribution in [3.8, 4) is 10.6 Å². The van der Waals surface area contributed by atoms with E-state index < -0.39 is 10.0 Å². The standard InChI is InChI=1S/C23H23N5O3S2/c1-17-6-5-7-18(14-17)22-25-28-21(29)15-19(24-23(28)32-22)16-26-10-12-27(13-11-26)33(30,31)20-8-3-2-4-9-20/h2-9,14-15H,10-13,16H2,1H3.